The zero-order chi connectivity index (χ0) is 18.6. The van der Waals surface area contributed by atoms with Crippen molar-refractivity contribution in [1.82, 2.24) is 4.90 Å². The van der Waals surface area contributed by atoms with Crippen LogP contribution in [0.1, 0.15) is 18.1 Å². The molecule has 1 atom stereocenters. The summed E-state index contributed by atoms with van der Waals surface area (Å²) in [7, 11) is 1.68. The highest BCUT2D eigenvalue weighted by atomic mass is 32.2. The molecule has 0 spiro atoms. The molecule has 1 unspecified atom stereocenters. The number of hydrogen-bond acceptors (Lipinski definition) is 5. The van der Waals surface area contributed by atoms with Gasteiger partial charge in [0.2, 0.25) is 0 Å². The molecule has 0 aromatic heterocycles. The van der Waals surface area contributed by atoms with Gasteiger partial charge in [0.05, 0.1) is 9.82 Å². The van der Waals surface area contributed by atoms with Crippen LogP contribution < -0.4 is 0 Å². The molecule has 0 aliphatic heterocycles. The van der Waals surface area contributed by atoms with E-state index >= 15 is 0 Å². The minimum atomic E-state index is -0.927. The van der Waals surface area contributed by atoms with E-state index in [4.69, 9.17) is 5.11 Å². The Balaban J connectivity index is 2.23. The summed E-state index contributed by atoms with van der Waals surface area (Å²) in [5.74, 6) is -0.927. The first-order valence-electron chi connectivity index (χ1n) is 7.73. The van der Waals surface area contributed by atoms with E-state index in [-0.39, 0.29) is 5.69 Å². The number of aliphatic carboxylic acids is 1. The number of benzene rings is 2. The third kappa shape index (κ3) is 5.04. The van der Waals surface area contributed by atoms with Crippen molar-refractivity contribution < 1.29 is 14.8 Å². The van der Waals surface area contributed by atoms with Crippen molar-refractivity contribution in [3.63, 3.8) is 0 Å². The molecule has 2 rings (SSSR count). The molecule has 0 fully saturated rings. The van der Waals surface area contributed by atoms with Crippen LogP contribution in [0.25, 0.3) is 0 Å². The summed E-state index contributed by atoms with van der Waals surface area (Å²) in [6.45, 7) is 3.89. The van der Waals surface area contributed by atoms with E-state index in [1.807, 2.05) is 31.2 Å². The first-order chi connectivity index (χ1) is 11.8. The van der Waals surface area contributed by atoms with Gasteiger partial charge in [-0.2, -0.15) is 0 Å². The molecule has 7 heteroatoms. The van der Waals surface area contributed by atoms with Crippen LogP contribution in [0.2, 0.25) is 0 Å². The standard InChI is InChI=1S/C18H20N2O4S/c1-12-4-7-15(8-5-12)25-17-9-6-14(10-16(17)20(23)24)11-19(3)13(2)18(21)22/h4-10,13H,11H2,1-3H3,(H,21,22). The fraction of sp³-hybridized carbons (Fsp3) is 0.278. The van der Waals surface area contributed by atoms with E-state index in [9.17, 15) is 14.9 Å². The normalized spacial score (nSPS) is 12.2. The zero-order valence-electron chi connectivity index (χ0n) is 14.3. The minimum absolute atomic E-state index is 0.0273. The number of aryl methyl sites for hydroxylation is 1. The second-order valence-electron chi connectivity index (χ2n) is 5.90. The summed E-state index contributed by atoms with van der Waals surface area (Å²) in [6, 6.07) is 12.2. The smallest absolute Gasteiger partial charge is 0.320 e. The Hall–Kier alpha value is -2.38. The second kappa shape index (κ2) is 8.13. The molecule has 0 aliphatic carbocycles. The molecule has 132 valence electrons. The third-order valence-electron chi connectivity index (χ3n) is 3.92. The van der Waals surface area contributed by atoms with Gasteiger partial charge in [-0.05, 0) is 44.7 Å². The van der Waals surface area contributed by atoms with E-state index in [0.29, 0.717) is 17.0 Å². The topological polar surface area (TPSA) is 83.7 Å². The molecule has 0 saturated carbocycles. The lowest BCUT2D eigenvalue weighted by Gasteiger charge is -2.21. The van der Waals surface area contributed by atoms with Gasteiger partial charge in [0.25, 0.3) is 5.69 Å². The minimum Gasteiger partial charge on any atom is -0.480 e. The van der Waals surface area contributed by atoms with Crippen LogP contribution >= 0.6 is 11.8 Å². The second-order valence-corrected chi connectivity index (χ2v) is 7.02. The first-order valence-corrected chi connectivity index (χ1v) is 8.54. The van der Waals surface area contributed by atoms with Gasteiger partial charge in [0.1, 0.15) is 6.04 Å². The van der Waals surface area contributed by atoms with Crippen LogP contribution in [0.5, 0.6) is 0 Å². The molecule has 2 aromatic carbocycles. The van der Waals surface area contributed by atoms with Gasteiger partial charge >= 0.3 is 5.97 Å². The Morgan fingerprint density at radius 3 is 2.48 bits per heavy atom. The highest BCUT2D eigenvalue weighted by Gasteiger charge is 2.20. The number of rotatable bonds is 7. The number of nitro groups is 1. The zero-order valence-corrected chi connectivity index (χ0v) is 15.1. The van der Waals surface area contributed by atoms with Crippen molar-refractivity contribution >= 4 is 23.4 Å². The molecule has 0 saturated heterocycles. The molecular weight excluding hydrogens is 340 g/mol. The lowest BCUT2D eigenvalue weighted by atomic mass is 10.1. The summed E-state index contributed by atoms with van der Waals surface area (Å²) in [6.07, 6.45) is 0. The van der Waals surface area contributed by atoms with Crippen molar-refractivity contribution in [2.24, 2.45) is 0 Å². The summed E-state index contributed by atoms with van der Waals surface area (Å²) in [5.41, 5.74) is 1.86. The van der Waals surface area contributed by atoms with Crippen LogP contribution in [0.15, 0.2) is 52.3 Å². The Kier molecular flexibility index (Phi) is 6.17. The molecular formula is C18H20N2O4S. The highest BCUT2D eigenvalue weighted by Crippen LogP contribution is 2.35. The fourth-order valence-corrected chi connectivity index (χ4v) is 3.14. The molecule has 0 amide bonds. The van der Waals surface area contributed by atoms with Crippen LogP contribution in [-0.2, 0) is 11.3 Å². The number of carboxylic acid groups (broad SMARTS) is 1. The van der Waals surface area contributed by atoms with E-state index < -0.39 is 16.9 Å². The van der Waals surface area contributed by atoms with E-state index in [0.717, 1.165) is 10.5 Å². The van der Waals surface area contributed by atoms with E-state index in [2.05, 4.69) is 0 Å². The van der Waals surface area contributed by atoms with Crippen LogP contribution in [0.3, 0.4) is 0 Å². The molecule has 0 heterocycles. The predicted octanol–water partition coefficient (Wildman–Crippen LogP) is 3.96. The summed E-state index contributed by atoms with van der Waals surface area (Å²) >= 11 is 1.34. The number of likely N-dealkylation sites (N-methyl/N-ethyl adjacent to an activating group) is 1. The lowest BCUT2D eigenvalue weighted by Crippen LogP contribution is -2.35. The van der Waals surface area contributed by atoms with E-state index in [1.165, 1.54) is 17.8 Å². The van der Waals surface area contributed by atoms with E-state index in [1.54, 1.807) is 31.0 Å². The Morgan fingerprint density at radius 1 is 1.28 bits per heavy atom. The van der Waals surface area contributed by atoms with Crippen LogP contribution in [0.4, 0.5) is 5.69 Å². The van der Waals surface area contributed by atoms with Gasteiger partial charge in [0, 0.05) is 17.5 Å². The van der Waals surface area contributed by atoms with Gasteiger partial charge in [-0.3, -0.25) is 19.8 Å². The number of nitrogens with zero attached hydrogens (tertiary/aromatic N) is 2. The summed E-state index contributed by atoms with van der Waals surface area (Å²) in [4.78, 5) is 25.2. The SMILES string of the molecule is Cc1ccc(Sc2ccc(CN(C)C(C)C(=O)O)cc2[N+](=O)[O-])cc1. The largest absolute Gasteiger partial charge is 0.480 e. The molecule has 2 aromatic rings. The van der Waals surface area contributed by atoms with Crippen molar-refractivity contribution in [2.45, 2.75) is 36.2 Å². The monoisotopic (exact) mass is 360 g/mol. The van der Waals surface area contributed by atoms with Crippen molar-refractivity contribution in [3.05, 3.63) is 63.7 Å². The summed E-state index contributed by atoms with van der Waals surface area (Å²) < 4.78 is 0. The summed E-state index contributed by atoms with van der Waals surface area (Å²) in [5, 5.41) is 20.5. The van der Waals surface area contributed by atoms with Crippen molar-refractivity contribution in [2.75, 3.05) is 7.05 Å². The average molecular weight is 360 g/mol. The van der Waals surface area contributed by atoms with Crippen molar-refractivity contribution in [3.8, 4) is 0 Å². The molecule has 0 bridgehead atoms. The van der Waals surface area contributed by atoms with Gasteiger partial charge in [-0.1, -0.05) is 35.5 Å². The predicted molar refractivity (Wildman–Crippen MR) is 97.0 cm³/mol. The fourth-order valence-electron chi connectivity index (χ4n) is 2.24. The first kappa shape index (κ1) is 19.0. The van der Waals surface area contributed by atoms with Crippen molar-refractivity contribution in [1.29, 1.82) is 0 Å². The number of nitro benzene ring substituents is 1. The van der Waals surface area contributed by atoms with Crippen LogP contribution in [0, 0.1) is 17.0 Å². The quantitative estimate of drug-likeness (QED) is 0.594. The number of carbonyl (C=O) groups is 1. The number of carboxylic acids is 1. The molecule has 25 heavy (non-hydrogen) atoms. The van der Waals surface area contributed by atoms with Gasteiger partial charge < -0.3 is 5.11 Å². The Bertz CT molecular complexity index is 777. The molecule has 0 radical (unpaired) electrons. The maximum Gasteiger partial charge on any atom is 0.320 e. The van der Waals surface area contributed by atoms with Gasteiger partial charge in [-0.15, -0.1) is 0 Å². The average Bonchev–Trinajstić information content (AvgIpc) is 2.57. The molecule has 6 nitrogen and oxygen atoms in total. The van der Waals surface area contributed by atoms with Gasteiger partial charge in [0.15, 0.2) is 0 Å². The maximum absolute atomic E-state index is 11.4. The molecule has 0 aliphatic rings. The Morgan fingerprint density at radius 2 is 1.92 bits per heavy atom. The number of hydrogen-bond donors (Lipinski definition) is 1. The molecule has 1 N–H and O–H groups in total. The maximum atomic E-state index is 11.4. The lowest BCUT2D eigenvalue weighted by molar-refractivity contribution is -0.387. The highest BCUT2D eigenvalue weighted by molar-refractivity contribution is 7.99. The van der Waals surface area contributed by atoms with Crippen LogP contribution in [-0.4, -0.2) is 34.0 Å². The van der Waals surface area contributed by atoms with Gasteiger partial charge in [-0.25, -0.2) is 0 Å². The Labute approximate surface area is 150 Å². The third-order valence-corrected chi connectivity index (χ3v) is 4.99.